The molecule has 3 aromatic heterocycles. The number of carbonyl (C=O) groups excluding carboxylic acids is 1. The van der Waals surface area contributed by atoms with Crippen LogP contribution in [-0.4, -0.2) is 55.6 Å². The van der Waals surface area contributed by atoms with Gasteiger partial charge in [0.15, 0.2) is 5.82 Å². The number of nitrogens with zero attached hydrogens (tertiary/aromatic N) is 5. The smallest absolute Gasteiger partial charge is 0.317 e. The number of H-pyrrole nitrogens is 1. The molecule has 0 spiro atoms. The number of aromatic nitrogens is 5. The number of likely N-dealkylation sites (tertiary alicyclic amines) is 1. The molecule has 154 valence electrons. The summed E-state index contributed by atoms with van der Waals surface area (Å²) >= 11 is 6.34. The Labute approximate surface area is 177 Å². The van der Waals surface area contributed by atoms with E-state index in [-0.39, 0.29) is 11.9 Å². The van der Waals surface area contributed by atoms with Gasteiger partial charge in [-0.1, -0.05) is 23.7 Å². The van der Waals surface area contributed by atoms with E-state index >= 15 is 0 Å². The van der Waals surface area contributed by atoms with Crippen LogP contribution in [-0.2, 0) is 0 Å². The van der Waals surface area contributed by atoms with E-state index in [0.717, 1.165) is 35.3 Å². The van der Waals surface area contributed by atoms with Gasteiger partial charge < -0.3 is 20.9 Å². The van der Waals surface area contributed by atoms with Crippen LogP contribution in [0.1, 0.15) is 24.6 Å². The van der Waals surface area contributed by atoms with Crippen LogP contribution in [0.5, 0.6) is 0 Å². The van der Waals surface area contributed by atoms with Crippen molar-refractivity contribution in [3.05, 3.63) is 41.4 Å². The first-order chi connectivity index (χ1) is 14.6. The SMILES string of the molecule is CNC(=O)N1CCC(c2nc(-c3cc4cccc(Cl)c4[nH]3)c3c(N)ncnn23)CC1. The number of halogens is 1. The topological polar surface area (TPSA) is 117 Å². The van der Waals surface area contributed by atoms with Crippen molar-refractivity contribution in [3.63, 3.8) is 0 Å². The van der Waals surface area contributed by atoms with Crippen LogP contribution in [0.15, 0.2) is 30.6 Å². The molecule has 4 heterocycles. The first-order valence-electron chi connectivity index (χ1n) is 9.80. The maximum absolute atomic E-state index is 11.9. The van der Waals surface area contributed by atoms with E-state index in [2.05, 4.69) is 20.4 Å². The summed E-state index contributed by atoms with van der Waals surface area (Å²) < 4.78 is 1.78. The van der Waals surface area contributed by atoms with Crippen molar-refractivity contribution in [1.82, 2.24) is 34.8 Å². The number of amides is 2. The maximum atomic E-state index is 11.9. The average Bonchev–Trinajstić information content (AvgIpc) is 3.37. The van der Waals surface area contributed by atoms with E-state index in [0.29, 0.717) is 35.1 Å². The molecule has 1 aromatic carbocycles. The van der Waals surface area contributed by atoms with Crippen molar-refractivity contribution in [2.75, 3.05) is 25.9 Å². The van der Waals surface area contributed by atoms with E-state index in [1.807, 2.05) is 29.2 Å². The van der Waals surface area contributed by atoms with Crippen molar-refractivity contribution in [3.8, 4) is 11.4 Å². The fourth-order valence-electron chi connectivity index (χ4n) is 4.17. The summed E-state index contributed by atoms with van der Waals surface area (Å²) in [6, 6.07) is 7.71. The molecule has 1 fully saturated rings. The van der Waals surface area contributed by atoms with Gasteiger partial charge in [-0.3, -0.25) is 0 Å². The lowest BCUT2D eigenvalue weighted by Crippen LogP contribution is -2.42. The molecular formula is C20H21ClN8O. The Kier molecular flexibility index (Phi) is 4.47. The number of carbonyl (C=O) groups is 1. The van der Waals surface area contributed by atoms with Crippen LogP contribution in [0.2, 0.25) is 5.02 Å². The van der Waals surface area contributed by atoms with Gasteiger partial charge in [0.25, 0.3) is 0 Å². The number of nitrogens with one attached hydrogen (secondary N) is 2. The maximum Gasteiger partial charge on any atom is 0.317 e. The molecule has 10 heteroatoms. The lowest BCUT2D eigenvalue weighted by Gasteiger charge is -2.30. The standard InChI is InChI=1S/C20H21ClN8O/c1-23-20(30)28-7-5-11(6-8-28)19-27-16(17-18(22)24-10-25-29(17)19)14-9-12-3-2-4-13(21)15(12)26-14/h2-4,9-11,26H,5-8H2,1H3,(H,23,30)(H2,22,24,25). The molecule has 0 aliphatic carbocycles. The number of hydrogen-bond donors (Lipinski definition) is 3. The van der Waals surface area contributed by atoms with Crippen molar-refractivity contribution < 1.29 is 4.79 Å². The number of nitrogen functional groups attached to an aromatic ring is 1. The van der Waals surface area contributed by atoms with Crippen LogP contribution in [0.4, 0.5) is 10.6 Å². The van der Waals surface area contributed by atoms with Crippen molar-refractivity contribution in [2.45, 2.75) is 18.8 Å². The van der Waals surface area contributed by atoms with Gasteiger partial charge >= 0.3 is 6.03 Å². The molecule has 5 rings (SSSR count). The first kappa shape index (κ1) is 18.7. The number of nitrogens with two attached hydrogens (primary N) is 1. The quantitative estimate of drug-likeness (QED) is 0.457. The number of fused-ring (bicyclic) bond motifs is 2. The molecule has 30 heavy (non-hydrogen) atoms. The second-order valence-electron chi connectivity index (χ2n) is 7.43. The zero-order chi connectivity index (χ0) is 20.8. The number of urea groups is 1. The monoisotopic (exact) mass is 424 g/mol. The Balaban J connectivity index is 1.59. The Morgan fingerprint density at radius 1 is 1.33 bits per heavy atom. The van der Waals surface area contributed by atoms with Crippen LogP contribution in [0, 0.1) is 0 Å². The predicted octanol–water partition coefficient (Wildman–Crippen LogP) is 3.03. The molecule has 0 atom stereocenters. The van der Waals surface area contributed by atoms with E-state index in [4.69, 9.17) is 22.3 Å². The van der Waals surface area contributed by atoms with Crippen molar-refractivity contribution >= 4 is 39.9 Å². The number of para-hydroxylation sites is 1. The van der Waals surface area contributed by atoms with E-state index in [1.165, 1.54) is 6.33 Å². The van der Waals surface area contributed by atoms with Crippen LogP contribution < -0.4 is 11.1 Å². The molecule has 4 aromatic rings. The first-order valence-corrected chi connectivity index (χ1v) is 10.2. The predicted molar refractivity (Wildman–Crippen MR) is 116 cm³/mol. The molecule has 0 bridgehead atoms. The second kappa shape index (κ2) is 7.17. The molecule has 1 saturated heterocycles. The number of piperidine rings is 1. The van der Waals surface area contributed by atoms with E-state index in [1.54, 1.807) is 11.6 Å². The zero-order valence-electron chi connectivity index (χ0n) is 16.4. The summed E-state index contributed by atoms with van der Waals surface area (Å²) in [6.45, 7) is 1.33. The average molecular weight is 425 g/mol. The number of anilines is 1. The van der Waals surface area contributed by atoms with Crippen LogP contribution >= 0.6 is 11.6 Å². The third-order valence-corrected chi connectivity index (χ3v) is 6.02. The van der Waals surface area contributed by atoms with E-state index in [9.17, 15) is 4.79 Å². The highest BCUT2D eigenvalue weighted by molar-refractivity contribution is 6.35. The molecular weight excluding hydrogens is 404 g/mol. The fraction of sp³-hybridized carbons (Fsp3) is 0.300. The summed E-state index contributed by atoms with van der Waals surface area (Å²) in [4.78, 5) is 26.2. The molecule has 4 N–H and O–H groups in total. The van der Waals surface area contributed by atoms with Gasteiger partial charge in [0.1, 0.15) is 23.4 Å². The fourth-order valence-corrected chi connectivity index (χ4v) is 4.40. The summed E-state index contributed by atoms with van der Waals surface area (Å²) in [7, 11) is 1.65. The lowest BCUT2D eigenvalue weighted by molar-refractivity contribution is 0.182. The second-order valence-corrected chi connectivity index (χ2v) is 7.84. The van der Waals surface area contributed by atoms with Gasteiger partial charge in [-0.05, 0) is 25.0 Å². The highest BCUT2D eigenvalue weighted by Gasteiger charge is 2.29. The summed E-state index contributed by atoms with van der Waals surface area (Å²) in [5.74, 6) is 1.36. The minimum atomic E-state index is -0.0522. The highest BCUT2D eigenvalue weighted by Crippen LogP contribution is 2.35. The number of aromatic amines is 1. The molecule has 0 unspecified atom stereocenters. The normalized spacial score (nSPS) is 15.2. The molecule has 9 nitrogen and oxygen atoms in total. The Morgan fingerprint density at radius 2 is 2.13 bits per heavy atom. The van der Waals surface area contributed by atoms with Gasteiger partial charge in [-0.15, -0.1) is 0 Å². The molecule has 2 amide bonds. The van der Waals surface area contributed by atoms with Gasteiger partial charge in [-0.2, -0.15) is 5.10 Å². The lowest BCUT2D eigenvalue weighted by atomic mass is 9.96. The Morgan fingerprint density at radius 3 is 2.87 bits per heavy atom. The number of imidazole rings is 1. The zero-order valence-corrected chi connectivity index (χ0v) is 17.1. The highest BCUT2D eigenvalue weighted by atomic mass is 35.5. The third kappa shape index (κ3) is 2.93. The molecule has 1 aliphatic heterocycles. The third-order valence-electron chi connectivity index (χ3n) is 5.71. The number of hydrogen-bond acceptors (Lipinski definition) is 5. The van der Waals surface area contributed by atoms with Gasteiger partial charge in [0.2, 0.25) is 0 Å². The van der Waals surface area contributed by atoms with Crippen molar-refractivity contribution in [2.24, 2.45) is 0 Å². The Hall–Kier alpha value is -3.33. The van der Waals surface area contributed by atoms with Crippen LogP contribution in [0.3, 0.4) is 0 Å². The number of benzene rings is 1. The minimum Gasteiger partial charge on any atom is -0.382 e. The van der Waals surface area contributed by atoms with Gasteiger partial charge in [0.05, 0.1) is 16.2 Å². The minimum absolute atomic E-state index is 0.0522. The molecule has 0 saturated carbocycles. The van der Waals surface area contributed by atoms with Crippen molar-refractivity contribution in [1.29, 1.82) is 0 Å². The summed E-state index contributed by atoms with van der Waals surface area (Å²) in [5.41, 5.74) is 9.26. The number of rotatable bonds is 2. The molecule has 1 aliphatic rings. The van der Waals surface area contributed by atoms with Gasteiger partial charge in [0, 0.05) is 31.4 Å². The van der Waals surface area contributed by atoms with Gasteiger partial charge in [-0.25, -0.2) is 19.3 Å². The van der Waals surface area contributed by atoms with Crippen LogP contribution in [0.25, 0.3) is 27.8 Å². The largest absolute Gasteiger partial charge is 0.382 e. The van der Waals surface area contributed by atoms with E-state index < -0.39 is 0 Å². The Bertz CT molecular complexity index is 1250. The summed E-state index contributed by atoms with van der Waals surface area (Å²) in [6.07, 6.45) is 3.04. The molecule has 0 radical (unpaired) electrons. The summed E-state index contributed by atoms with van der Waals surface area (Å²) in [5, 5.41) is 8.76.